The number of hydrogen-bond donors (Lipinski definition) is 0. The first kappa shape index (κ1) is 26.7. The summed E-state index contributed by atoms with van der Waals surface area (Å²) >= 11 is 7.82. The van der Waals surface area contributed by atoms with Gasteiger partial charge < -0.3 is 14.2 Å². The van der Waals surface area contributed by atoms with E-state index in [2.05, 4.69) is 18.7 Å². The Morgan fingerprint density at radius 3 is 2.59 bits per heavy atom. The Labute approximate surface area is 212 Å². The van der Waals surface area contributed by atoms with Crippen molar-refractivity contribution in [1.82, 2.24) is 4.90 Å². The van der Waals surface area contributed by atoms with E-state index in [1.54, 1.807) is 37.8 Å². The van der Waals surface area contributed by atoms with Crippen molar-refractivity contribution in [3.8, 4) is 11.5 Å². The number of carbonyl (C=O) groups is 1. The highest BCUT2D eigenvalue weighted by Gasteiger charge is 2.36. The average molecular weight is 507 g/mol. The van der Waals surface area contributed by atoms with Crippen molar-refractivity contribution in [3.05, 3.63) is 47.0 Å². The Kier molecular flexibility index (Phi) is 9.95. The number of thioether (sulfide) groups is 1. The second kappa shape index (κ2) is 12.7. The topological polar surface area (TPSA) is 51.2 Å². The van der Waals surface area contributed by atoms with Crippen molar-refractivity contribution >= 4 is 35.0 Å². The number of unbranched alkanes of at least 4 members (excludes halogenated alkanes) is 1. The molecule has 0 spiro atoms. The van der Waals surface area contributed by atoms with Gasteiger partial charge in [0.05, 0.1) is 26.0 Å². The maximum absolute atomic E-state index is 12.6. The number of carbonyl (C=O) groups excluding carboxylic acids is 1. The molecule has 1 aliphatic heterocycles. The van der Waals surface area contributed by atoms with Gasteiger partial charge in [-0.2, -0.15) is 0 Å². The van der Waals surface area contributed by atoms with Crippen molar-refractivity contribution in [2.75, 3.05) is 45.4 Å². The Bertz CT molecular complexity index is 972. The monoisotopic (exact) mass is 506 g/mol. The molecule has 0 N–H and O–H groups in total. The first-order chi connectivity index (χ1) is 16.3. The molecule has 0 aliphatic carbocycles. The molecule has 1 heterocycles. The Morgan fingerprint density at radius 1 is 1.12 bits per heavy atom. The molecular weight excluding hydrogens is 472 g/mol. The van der Waals surface area contributed by atoms with Crippen LogP contribution >= 0.6 is 23.4 Å². The van der Waals surface area contributed by atoms with Crippen molar-refractivity contribution in [2.24, 2.45) is 0 Å². The Morgan fingerprint density at radius 2 is 1.91 bits per heavy atom. The molecule has 0 fully saturated rings. The number of methoxy groups -OCH3 is 2. The largest absolute Gasteiger partial charge is 0.497 e. The smallest absolute Gasteiger partial charge is 0.225 e. The predicted molar refractivity (Wildman–Crippen MR) is 140 cm³/mol. The van der Waals surface area contributed by atoms with Gasteiger partial charge in [-0.25, -0.2) is 0 Å². The van der Waals surface area contributed by atoms with Crippen LogP contribution in [0.25, 0.3) is 0 Å². The summed E-state index contributed by atoms with van der Waals surface area (Å²) in [6.45, 7) is 9.29. The fourth-order valence-corrected chi connectivity index (χ4v) is 5.67. The third-order valence-electron chi connectivity index (χ3n) is 5.89. The van der Waals surface area contributed by atoms with Gasteiger partial charge in [-0.3, -0.25) is 14.6 Å². The van der Waals surface area contributed by atoms with Gasteiger partial charge in [0, 0.05) is 42.1 Å². The summed E-state index contributed by atoms with van der Waals surface area (Å²) in [4.78, 5) is 17.8. The molecule has 2 aromatic rings. The molecule has 0 bridgehead atoms. The highest BCUT2D eigenvalue weighted by atomic mass is 35.5. The number of halogens is 1. The van der Waals surface area contributed by atoms with Crippen LogP contribution in [0.15, 0.2) is 41.3 Å². The minimum atomic E-state index is -0.249. The highest BCUT2D eigenvalue weighted by molar-refractivity contribution is 8.00. The van der Waals surface area contributed by atoms with E-state index in [-0.39, 0.29) is 11.3 Å². The van der Waals surface area contributed by atoms with Gasteiger partial charge in [0.25, 0.3) is 0 Å². The lowest BCUT2D eigenvalue weighted by atomic mass is 10.1. The van der Waals surface area contributed by atoms with Crippen LogP contribution in [0.3, 0.4) is 0 Å². The fourth-order valence-electron chi connectivity index (χ4n) is 4.03. The van der Waals surface area contributed by atoms with E-state index in [1.165, 1.54) is 0 Å². The molecule has 0 saturated carbocycles. The van der Waals surface area contributed by atoms with Gasteiger partial charge >= 0.3 is 0 Å². The number of anilines is 1. The van der Waals surface area contributed by atoms with Crippen molar-refractivity contribution in [1.29, 1.82) is 0 Å². The molecule has 34 heavy (non-hydrogen) atoms. The minimum absolute atomic E-state index is 0.0304. The lowest BCUT2D eigenvalue weighted by Gasteiger charge is -2.26. The molecule has 1 aliphatic rings. The number of ether oxygens (including phenoxy) is 3. The molecule has 1 unspecified atom stereocenters. The third kappa shape index (κ3) is 6.60. The lowest BCUT2D eigenvalue weighted by Crippen LogP contribution is -2.34. The van der Waals surface area contributed by atoms with Crippen LogP contribution in [-0.2, 0) is 9.53 Å². The fraction of sp³-hybridized carbons (Fsp3) is 0.500. The average Bonchev–Trinajstić information content (AvgIpc) is 3.19. The van der Waals surface area contributed by atoms with E-state index in [1.807, 2.05) is 36.4 Å². The molecule has 0 aromatic heterocycles. The number of benzene rings is 2. The zero-order valence-corrected chi connectivity index (χ0v) is 22.2. The second-order valence-electron chi connectivity index (χ2n) is 8.55. The molecule has 186 valence electrons. The number of nitrogens with zero attached hydrogens (tertiary/aromatic N) is 2. The van der Waals surface area contributed by atoms with E-state index in [4.69, 9.17) is 25.8 Å². The molecule has 1 atom stereocenters. The second-order valence-corrected chi connectivity index (χ2v) is 10.1. The molecule has 3 rings (SSSR count). The van der Waals surface area contributed by atoms with E-state index in [9.17, 15) is 4.79 Å². The summed E-state index contributed by atoms with van der Waals surface area (Å²) in [6, 6.07) is 11.9. The molecule has 1 amide bonds. The van der Waals surface area contributed by atoms with E-state index >= 15 is 0 Å². The minimum Gasteiger partial charge on any atom is -0.497 e. The summed E-state index contributed by atoms with van der Waals surface area (Å²) in [6.07, 6.45) is 1.97. The quantitative estimate of drug-likeness (QED) is 0.328. The van der Waals surface area contributed by atoms with Gasteiger partial charge in [-0.1, -0.05) is 23.4 Å². The van der Waals surface area contributed by atoms with Crippen LogP contribution in [0.1, 0.15) is 44.6 Å². The molecule has 0 saturated heterocycles. The molecular formula is C26H35ClN2O4S. The van der Waals surface area contributed by atoms with Crippen LogP contribution in [0.4, 0.5) is 5.69 Å². The number of hydrogen-bond acceptors (Lipinski definition) is 6. The first-order valence-electron chi connectivity index (χ1n) is 11.7. The molecule has 6 nitrogen and oxygen atoms in total. The molecule has 8 heteroatoms. The highest BCUT2D eigenvalue weighted by Crippen LogP contribution is 2.54. The molecule has 2 aromatic carbocycles. The SMILES string of the molecule is COCCN(CCCCOc1ccc(OC)cc1C1Sc2cc(Cl)ccc2N1C(C)=O)C(C)C. The maximum Gasteiger partial charge on any atom is 0.225 e. The van der Waals surface area contributed by atoms with E-state index in [0.29, 0.717) is 17.7 Å². The summed E-state index contributed by atoms with van der Waals surface area (Å²) in [7, 11) is 3.38. The summed E-state index contributed by atoms with van der Waals surface area (Å²) in [5.74, 6) is 1.46. The summed E-state index contributed by atoms with van der Waals surface area (Å²) < 4.78 is 17.0. The normalized spacial score (nSPS) is 15.2. The number of fused-ring (bicyclic) bond motifs is 1. The lowest BCUT2D eigenvalue weighted by molar-refractivity contribution is -0.116. The summed E-state index contributed by atoms with van der Waals surface area (Å²) in [5, 5.41) is 0.403. The van der Waals surface area contributed by atoms with Gasteiger partial charge in [-0.15, -0.1) is 0 Å². The zero-order valence-electron chi connectivity index (χ0n) is 20.7. The summed E-state index contributed by atoms with van der Waals surface area (Å²) in [5.41, 5.74) is 1.78. The zero-order chi connectivity index (χ0) is 24.7. The van der Waals surface area contributed by atoms with Crippen LogP contribution in [0.5, 0.6) is 11.5 Å². The third-order valence-corrected chi connectivity index (χ3v) is 7.39. The van der Waals surface area contributed by atoms with E-state index < -0.39 is 0 Å². The number of amides is 1. The van der Waals surface area contributed by atoms with Crippen LogP contribution in [-0.4, -0.2) is 57.4 Å². The Hall–Kier alpha value is -1.93. The van der Waals surface area contributed by atoms with Crippen molar-refractivity contribution in [3.63, 3.8) is 0 Å². The standard InChI is InChI=1S/C26H35ClN2O4S/c1-18(2)28(13-15-31-4)12-6-7-14-33-24-11-9-21(32-5)17-22(24)26-29(19(3)30)23-10-8-20(27)16-25(23)34-26/h8-11,16-18,26H,6-7,12-15H2,1-5H3. The first-order valence-corrected chi connectivity index (χ1v) is 12.9. The predicted octanol–water partition coefficient (Wildman–Crippen LogP) is 6.02. The number of rotatable bonds is 12. The van der Waals surface area contributed by atoms with Crippen LogP contribution in [0, 0.1) is 0 Å². The van der Waals surface area contributed by atoms with Crippen molar-refractivity contribution in [2.45, 2.75) is 49.9 Å². The maximum atomic E-state index is 12.6. The van der Waals surface area contributed by atoms with Gasteiger partial charge in [0.1, 0.15) is 16.9 Å². The van der Waals surface area contributed by atoms with Crippen LogP contribution < -0.4 is 14.4 Å². The Balaban J connectivity index is 1.71. The van der Waals surface area contributed by atoms with Gasteiger partial charge in [0.15, 0.2) is 0 Å². The van der Waals surface area contributed by atoms with Gasteiger partial charge in [0.2, 0.25) is 5.91 Å². The van der Waals surface area contributed by atoms with E-state index in [0.717, 1.165) is 60.2 Å². The van der Waals surface area contributed by atoms with Crippen molar-refractivity contribution < 1.29 is 19.0 Å². The van der Waals surface area contributed by atoms with Crippen LogP contribution in [0.2, 0.25) is 5.02 Å². The van der Waals surface area contributed by atoms with Gasteiger partial charge in [-0.05, 0) is 69.6 Å². The molecule has 0 radical (unpaired) electrons.